The number of rotatable bonds is 6. The average Bonchev–Trinajstić information content (AvgIpc) is 3.11. The molecule has 2 unspecified atom stereocenters. The van der Waals surface area contributed by atoms with Crippen molar-refractivity contribution in [1.82, 2.24) is 20.3 Å². The molecule has 1 heterocycles. The van der Waals surface area contributed by atoms with E-state index in [0.717, 1.165) is 11.3 Å². The van der Waals surface area contributed by atoms with Crippen molar-refractivity contribution < 1.29 is 14.3 Å². The third kappa shape index (κ3) is 4.43. The second-order valence-electron chi connectivity index (χ2n) is 6.45. The Hall–Kier alpha value is -3.48. The first-order valence-electron chi connectivity index (χ1n) is 9.01. The van der Waals surface area contributed by atoms with Crippen molar-refractivity contribution in [2.75, 3.05) is 0 Å². The molecule has 1 aromatic heterocycles. The van der Waals surface area contributed by atoms with Gasteiger partial charge in [0.1, 0.15) is 0 Å². The molecule has 7 heteroatoms. The first kappa shape index (κ1) is 19.3. The number of para-hydroxylation sites is 1. The van der Waals surface area contributed by atoms with Crippen LogP contribution in [0.3, 0.4) is 0 Å². The molecule has 0 aliphatic rings. The van der Waals surface area contributed by atoms with Crippen molar-refractivity contribution in [1.29, 1.82) is 0 Å². The minimum absolute atomic E-state index is 0.0830. The molecular formula is C21H22N4O3. The molecule has 3 aromatic rings. The third-order valence-corrected chi connectivity index (χ3v) is 4.27. The molecule has 0 aliphatic carbocycles. The van der Waals surface area contributed by atoms with E-state index in [0.29, 0.717) is 5.69 Å². The zero-order chi connectivity index (χ0) is 20.1. The minimum atomic E-state index is -0.958. The number of esters is 1. The molecule has 0 aliphatic heterocycles. The van der Waals surface area contributed by atoms with E-state index in [1.165, 1.54) is 11.7 Å². The second kappa shape index (κ2) is 8.47. The number of nitrogens with zero attached hydrogens (tertiary/aromatic N) is 3. The maximum absolute atomic E-state index is 12.5. The fourth-order valence-corrected chi connectivity index (χ4v) is 2.67. The standard InChI is InChI=1S/C21H22N4O3/c1-14(17-10-6-4-7-11-17)22-20(26)16(3)28-21(27)19-15(2)23-25(24-19)18-12-8-5-9-13-18/h4-14,16H,1-3H3,(H,22,26). The van der Waals surface area contributed by atoms with Crippen LogP contribution in [0.4, 0.5) is 0 Å². The zero-order valence-corrected chi connectivity index (χ0v) is 16.0. The van der Waals surface area contributed by atoms with E-state index in [9.17, 15) is 9.59 Å². The highest BCUT2D eigenvalue weighted by Gasteiger charge is 2.24. The number of aryl methyl sites for hydroxylation is 1. The molecule has 0 spiro atoms. The number of nitrogens with one attached hydrogen (secondary N) is 1. The third-order valence-electron chi connectivity index (χ3n) is 4.27. The van der Waals surface area contributed by atoms with Gasteiger partial charge < -0.3 is 10.1 Å². The summed E-state index contributed by atoms with van der Waals surface area (Å²) in [7, 11) is 0. The van der Waals surface area contributed by atoms with Crippen LogP contribution in [-0.4, -0.2) is 33.0 Å². The lowest BCUT2D eigenvalue weighted by Crippen LogP contribution is -2.37. The molecule has 28 heavy (non-hydrogen) atoms. The zero-order valence-electron chi connectivity index (χ0n) is 16.0. The van der Waals surface area contributed by atoms with Gasteiger partial charge in [0, 0.05) is 0 Å². The van der Waals surface area contributed by atoms with Gasteiger partial charge >= 0.3 is 5.97 Å². The summed E-state index contributed by atoms with van der Waals surface area (Å²) >= 11 is 0. The number of hydrogen-bond acceptors (Lipinski definition) is 5. The average molecular weight is 378 g/mol. The normalized spacial score (nSPS) is 12.8. The lowest BCUT2D eigenvalue weighted by atomic mass is 10.1. The Morgan fingerprint density at radius 3 is 2.21 bits per heavy atom. The Labute approximate surface area is 163 Å². The summed E-state index contributed by atoms with van der Waals surface area (Å²) in [6.45, 7) is 5.07. The molecule has 1 amide bonds. The van der Waals surface area contributed by atoms with Gasteiger partial charge in [-0.25, -0.2) is 4.79 Å². The Morgan fingerprint density at radius 2 is 1.57 bits per heavy atom. The number of carbonyl (C=O) groups excluding carboxylic acids is 2. The van der Waals surface area contributed by atoms with E-state index in [2.05, 4.69) is 15.5 Å². The van der Waals surface area contributed by atoms with E-state index in [-0.39, 0.29) is 17.6 Å². The quantitative estimate of drug-likeness (QED) is 0.667. The molecule has 7 nitrogen and oxygen atoms in total. The predicted molar refractivity (Wildman–Crippen MR) is 104 cm³/mol. The number of aromatic nitrogens is 3. The first-order valence-corrected chi connectivity index (χ1v) is 9.01. The molecule has 2 aromatic carbocycles. The van der Waals surface area contributed by atoms with Crippen molar-refractivity contribution in [3.05, 3.63) is 77.6 Å². The van der Waals surface area contributed by atoms with Crippen molar-refractivity contribution in [3.8, 4) is 5.69 Å². The molecule has 0 saturated heterocycles. The maximum atomic E-state index is 12.5. The summed E-state index contributed by atoms with van der Waals surface area (Å²) < 4.78 is 5.30. The van der Waals surface area contributed by atoms with E-state index >= 15 is 0 Å². The number of benzene rings is 2. The second-order valence-corrected chi connectivity index (χ2v) is 6.45. The van der Waals surface area contributed by atoms with E-state index in [1.807, 2.05) is 67.6 Å². The highest BCUT2D eigenvalue weighted by molar-refractivity contribution is 5.91. The van der Waals surface area contributed by atoms with Gasteiger partial charge in [0.25, 0.3) is 5.91 Å². The Kier molecular flexibility index (Phi) is 5.84. The molecular weight excluding hydrogens is 356 g/mol. The van der Waals surface area contributed by atoms with Crippen LogP contribution in [0.15, 0.2) is 60.7 Å². The van der Waals surface area contributed by atoms with Gasteiger partial charge in [-0.05, 0) is 38.5 Å². The van der Waals surface area contributed by atoms with Gasteiger partial charge in [-0.3, -0.25) is 4.79 Å². The fraction of sp³-hybridized carbons (Fsp3) is 0.238. The van der Waals surface area contributed by atoms with E-state index < -0.39 is 12.1 Å². The highest BCUT2D eigenvalue weighted by atomic mass is 16.5. The van der Waals surface area contributed by atoms with Gasteiger partial charge in [0.05, 0.1) is 17.4 Å². The van der Waals surface area contributed by atoms with Crippen molar-refractivity contribution >= 4 is 11.9 Å². The van der Waals surface area contributed by atoms with Gasteiger partial charge in [0.15, 0.2) is 11.8 Å². The van der Waals surface area contributed by atoms with Gasteiger partial charge in [-0.1, -0.05) is 48.5 Å². The molecule has 0 saturated carbocycles. The summed E-state index contributed by atoms with van der Waals surface area (Å²) in [6.07, 6.45) is -0.958. The van der Waals surface area contributed by atoms with Crippen LogP contribution in [-0.2, 0) is 9.53 Å². The van der Waals surface area contributed by atoms with Gasteiger partial charge in [-0.15, -0.1) is 5.10 Å². The van der Waals surface area contributed by atoms with E-state index in [1.54, 1.807) is 6.92 Å². The molecule has 144 valence electrons. The molecule has 1 N–H and O–H groups in total. The molecule has 0 radical (unpaired) electrons. The van der Waals surface area contributed by atoms with Gasteiger partial charge in [0.2, 0.25) is 0 Å². The van der Waals surface area contributed by atoms with Crippen LogP contribution >= 0.6 is 0 Å². The Bertz CT molecular complexity index is 954. The molecule has 0 fully saturated rings. The highest BCUT2D eigenvalue weighted by Crippen LogP contribution is 2.13. The minimum Gasteiger partial charge on any atom is -0.448 e. The fourth-order valence-electron chi connectivity index (χ4n) is 2.67. The first-order chi connectivity index (χ1) is 13.5. The van der Waals surface area contributed by atoms with Crippen LogP contribution in [0, 0.1) is 6.92 Å². The molecule has 0 bridgehead atoms. The topological polar surface area (TPSA) is 86.1 Å². The summed E-state index contributed by atoms with van der Waals surface area (Å²) in [5.41, 5.74) is 2.21. The number of carbonyl (C=O) groups is 2. The maximum Gasteiger partial charge on any atom is 0.361 e. The number of ether oxygens (including phenoxy) is 1. The summed E-state index contributed by atoms with van der Waals surface area (Å²) in [6, 6.07) is 18.6. The number of amides is 1. The lowest BCUT2D eigenvalue weighted by Gasteiger charge is -2.18. The van der Waals surface area contributed by atoms with Crippen LogP contribution in [0.2, 0.25) is 0 Å². The summed E-state index contributed by atoms with van der Waals surface area (Å²) in [4.78, 5) is 26.2. The van der Waals surface area contributed by atoms with Crippen LogP contribution in [0.5, 0.6) is 0 Å². The smallest absolute Gasteiger partial charge is 0.361 e. The predicted octanol–water partition coefficient (Wildman–Crippen LogP) is 3.00. The Balaban J connectivity index is 1.64. The number of hydrogen-bond donors (Lipinski definition) is 1. The SMILES string of the molecule is Cc1nn(-c2ccccc2)nc1C(=O)OC(C)C(=O)NC(C)c1ccccc1. The molecule has 3 rings (SSSR count). The summed E-state index contributed by atoms with van der Waals surface area (Å²) in [5, 5.41) is 11.3. The monoisotopic (exact) mass is 378 g/mol. The van der Waals surface area contributed by atoms with Crippen molar-refractivity contribution in [3.63, 3.8) is 0 Å². The van der Waals surface area contributed by atoms with Gasteiger partial charge in [-0.2, -0.15) is 9.90 Å². The van der Waals surface area contributed by atoms with E-state index in [4.69, 9.17) is 4.74 Å². The lowest BCUT2D eigenvalue weighted by molar-refractivity contribution is -0.129. The van der Waals surface area contributed by atoms with Crippen LogP contribution in [0.1, 0.15) is 41.6 Å². The summed E-state index contributed by atoms with van der Waals surface area (Å²) in [5.74, 6) is -1.06. The van der Waals surface area contributed by atoms with Crippen molar-refractivity contribution in [2.24, 2.45) is 0 Å². The van der Waals surface area contributed by atoms with Crippen molar-refractivity contribution in [2.45, 2.75) is 32.9 Å². The van der Waals surface area contributed by atoms with Crippen LogP contribution < -0.4 is 5.32 Å². The molecule has 2 atom stereocenters. The van der Waals surface area contributed by atoms with Crippen LogP contribution in [0.25, 0.3) is 5.69 Å². The largest absolute Gasteiger partial charge is 0.448 e. The Morgan fingerprint density at radius 1 is 0.964 bits per heavy atom.